The van der Waals surface area contributed by atoms with Gasteiger partial charge in [0.05, 0.1) is 0 Å². The Balaban J connectivity index is 4.47. The summed E-state index contributed by atoms with van der Waals surface area (Å²) in [5.41, 5.74) is 1.08. The molecular formula is C15H29NO3. The molecule has 0 aliphatic heterocycles. The van der Waals surface area contributed by atoms with Crippen LogP contribution in [0.25, 0.3) is 0 Å². The molecule has 19 heavy (non-hydrogen) atoms. The van der Waals surface area contributed by atoms with E-state index in [4.69, 9.17) is 10.2 Å². The molecule has 1 atom stereocenters. The number of rotatable bonds is 11. The predicted molar refractivity (Wildman–Crippen MR) is 79.1 cm³/mol. The molecule has 0 aliphatic rings. The summed E-state index contributed by atoms with van der Waals surface area (Å²) in [6, 6.07) is 0. The van der Waals surface area contributed by atoms with Gasteiger partial charge in [-0.2, -0.15) is 0 Å². The van der Waals surface area contributed by atoms with Crippen LogP contribution >= 0.6 is 0 Å². The van der Waals surface area contributed by atoms with E-state index in [1.54, 1.807) is 0 Å². The van der Waals surface area contributed by atoms with Crippen molar-refractivity contribution >= 4 is 0 Å². The lowest BCUT2D eigenvalue weighted by Crippen LogP contribution is -2.16. The summed E-state index contributed by atoms with van der Waals surface area (Å²) in [6.45, 7) is 5.26. The zero-order valence-electron chi connectivity index (χ0n) is 12.2. The van der Waals surface area contributed by atoms with Crippen LogP contribution in [0.1, 0.15) is 52.4 Å². The zero-order valence-corrected chi connectivity index (χ0v) is 12.2. The smallest absolute Gasteiger partial charge is 0.133 e. The first-order valence-corrected chi connectivity index (χ1v) is 7.28. The second-order valence-corrected chi connectivity index (χ2v) is 4.71. The van der Waals surface area contributed by atoms with Gasteiger partial charge in [0, 0.05) is 24.8 Å². The zero-order chi connectivity index (χ0) is 14.5. The summed E-state index contributed by atoms with van der Waals surface area (Å²) in [6.07, 6.45) is 8.31. The molecule has 0 radical (unpaired) electrons. The molecule has 0 bridgehead atoms. The molecule has 0 unspecified atom stereocenters. The molecule has 0 amide bonds. The van der Waals surface area contributed by atoms with E-state index in [0.29, 0.717) is 12.8 Å². The van der Waals surface area contributed by atoms with Gasteiger partial charge in [-0.05, 0) is 25.7 Å². The molecule has 0 saturated heterocycles. The molecule has 0 saturated carbocycles. The normalized spacial score (nSPS) is 14.5. The molecule has 0 aromatic rings. The van der Waals surface area contributed by atoms with Crippen LogP contribution in [0.4, 0.5) is 0 Å². The van der Waals surface area contributed by atoms with Crippen molar-refractivity contribution in [2.75, 3.05) is 13.2 Å². The van der Waals surface area contributed by atoms with E-state index in [2.05, 4.69) is 19.2 Å². The van der Waals surface area contributed by atoms with Crippen molar-refractivity contribution in [3.05, 3.63) is 23.8 Å². The third-order valence-corrected chi connectivity index (χ3v) is 3.10. The number of nitrogens with one attached hydrogen (secondary N) is 1. The molecule has 0 fully saturated rings. The first-order chi connectivity index (χ1) is 9.19. The Morgan fingerprint density at radius 3 is 2.47 bits per heavy atom. The van der Waals surface area contributed by atoms with E-state index >= 15 is 0 Å². The topological polar surface area (TPSA) is 72.7 Å². The van der Waals surface area contributed by atoms with Crippen LogP contribution < -0.4 is 5.32 Å². The van der Waals surface area contributed by atoms with Crippen molar-refractivity contribution in [3.63, 3.8) is 0 Å². The fraction of sp³-hybridized carbons (Fsp3) is 0.733. The summed E-state index contributed by atoms with van der Waals surface area (Å²) >= 11 is 0. The highest BCUT2D eigenvalue weighted by atomic mass is 16.3. The van der Waals surface area contributed by atoms with Crippen LogP contribution in [-0.2, 0) is 0 Å². The number of aliphatic hydroxyl groups excluding tert-OH is 3. The van der Waals surface area contributed by atoms with Crippen LogP contribution in [0.5, 0.6) is 0 Å². The molecule has 0 spiro atoms. The van der Waals surface area contributed by atoms with Gasteiger partial charge in [0.2, 0.25) is 0 Å². The molecule has 112 valence electrons. The molecule has 4 nitrogen and oxygen atoms in total. The maximum atomic E-state index is 9.66. The van der Waals surface area contributed by atoms with Crippen molar-refractivity contribution in [2.45, 2.75) is 52.4 Å². The van der Waals surface area contributed by atoms with Crippen LogP contribution in [0.2, 0.25) is 0 Å². The highest BCUT2D eigenvalue weighted by molar-refractivity contribution is 5.10. The van der Waals surface area contributed by atoms with Gasteiger partial charge < -0.3 is 20.6 Å². The molecular weight excluding hydrogens is 242 g/mol. The third kappa shape index (κ3) is 8.54. The molecule has 0 heterocycles. The minimum atomic E-state index is -0.231. The molecule has 0 rings (SSSR count). The molecule has 0 aliphatic carbocycles. The first-order valence-electron chi connectivity index (χ1n) is 7.28. The van der Waals surface area contributed by atoms with Crippen LogP contribution in [0.3, 0.4) is 0 Å². The minimum Gasteiger partial charge on any atom is -0.512 e. The standard InChI is InChI=1S/C15H29NO3/c1-3-5-6-9-16-14(4-2)11-13(8-7-10-17)15(19)12-18/h11-13,16-19H,3-10H2,1-2H3/b14-11+,15-12-/t13-/m1/s1. The van der Waals surface area contributed by atoms with Crippen molar-refractivity contribution in [1.29, 1.82) is 0 Å². The van der Waals surface area contributed by atoms with Crippen molar-refractivity contribution < 1.29 is 15.3 Å². The summed E-state index contributed by atoms with van der Waals surface area (Å²) in [4.78, 5) is 0. The van der Waals surface area contributed by atoms with Gasteiger partial charge in [-0.3, -0.25) is 0 Å². The minimum absolute atomic E-state index is 0.0465. The van der Waals surface area contributed by atoms with Gasteiger partial charge >= 0.3 is 0 Å². The largest absolute Gasteiger partial charge is 0.512 e. The monoisotopic (exact) mass is 271 g/mol. The number of hydrogen-bond acceptors (Lipinski definition) is 4. The molecule has 0 aromatic carbocycles. The van der Waals surface area contributed by atoms with E-state index in [-0.39, 0.29) is 18.3 Å². The van der Waals surface area contributed by atoms with Gasteiger partial charge in [-0.15, -0.1) is 0 Å². The predicted octanol–water partition coefficient (Wildman–Crippen LogP) is 3.41. The van der Waals surface area contributed by atoms with E-state index in [1.165, 1.54) is 12.8 Å². The van der Waals surface area contributed by atoms with Gasteiger partial charge in [-0.1, -0.05) is 32.8 Å². The average molecular weight is 271 g/mol. The fourth-order valence-corrected chi connectivity index (χ4v) is 1.89. The van der Waals surface area contributed by atoms with Crippen molar-refractivity contribution in [1.82, 2.24) is 5.32 Å². The van der Waals surface area contributed by atoms with Crippen LogP contribution in [0.15, 0.2) is 23.8 Å². The van der Waals surface area contributed by atoms with E-state index < -0.39 is 0 Å². The van der Waals surface area contributed by atoms with E-state index in [0.717, 1.165) is 31.3 Å². The van der Waals surface area contributed by atoms with Gasteiger partial charge in [-0.25, -0.2) is 0 Å². The number of hydrogen-bond donors (Lipinski definition) is 4. The number of aliphatic hydroxyl groups is 3. The van der Waals surface area contributed by atoms with Gasteiger partial charge in [0.1, 0.15) is 12.0 Å². The van der Waals surface area contributed by atoms with Crippen LogP contribution in [-0.4, -0.2) is 28.5 Å². The lowest BCUT2D eigenvalue weighted by atomic mass is 9.99. The van der Waals surface area contributed by atoms with Crippen molar-refractivity contribution in [3.8, 4) is 0 Å². The Morgan fingerprint density at radius 1 is 1.21 bits per heavy atom. The maximum absolute atomic E-state index is 9.66. The molecule has 4 heteroatoms. The second-order valence-electron chi connectivity index (χ2n) is 4.71. The summed E-state index contributed by atoms with van der Waals surface area (Å²) in [5, 5.41) is 30.8. The lowest BCUT2D eigenvalue weighted by Gasteiger charge is -2.15. The SMILES string of the molecule is CCCCCN/C(=C/[C@@H](CCCO)/C(O)=C/O)CC. The Labute approximate surface area is 116 Å². The summed E-state index contributed by atoms with van der Waals surface area (Å²) < 4.78 is 0. The van der Waals surface area contributed by atoms with Gasteiger partial charge in [0.25, 0.3) is 0 Å². The number of allylic oxidation sites excluding steroid dienone is 2. The Morgan fingerprint density at radius 2 is 1.95 bits per heavy atom. The maximum Gasteiger partial charge on any atom is 0.133 e. The first kappa shape index (κ1) is 17.8. The Kier molecular flexibility index (Phi) is 11.2. The Bertz CT molecular complexity index is 275. The van der Waals surface area contributed by atoms with Crippen molar-refractivity contribution in [2.24, 2.45) is 5.92 Å². The fourth-order valence-electron chi connectivity index (χ4n) is 1.89. The summed E-state index contributed by atoms with van der Waals surface area (Å²) in [5.74, 6) is -0.277. The number of unbranched alkanes of at least 4 members (excludes halogenated alkanes) is 2. The lowest BCUT2D eigenvalue weighted by molar-refractivity contribution is 0.262. The molecule has 0 aromatic heterocycles. The quantitative estimate of drug-likeness (QED) is 0.343. The highest BCUT2D eigenvalue weighted by Crippen LogP contribution is 2.18. The van der Waals surface area contributed by atoms with E-state index in [9.17, 15) is 5.11 Å². The van der Waals surface area contributed by atoms with Crippen LogP contribution in [0, 0.1) is 5.92 Å². The third-order valence-electron chi connectivity index (χ3n) is 3.10. The second kappa shape index (κ2) is 11.9. The highest BCUT2D eigenvalue weighted by Gasteiger charge is 2.11. The Hall–Kier alpha value is -1.16. The average Bonchev–Trinajstić information content (AvgIpc) is 2.44. The summed E-state index contributed by atoms with van der Waals surface area (Å²) in [7, 11) is 0. The van der Waals surface area contributed by atoms with E-state index in [1.807, 2.05) is 6.08 Å². The van der Waals surface area contributed by atoms with Gasteiger partial charge in [0.15, 0.2) is 0 Å². The molecule has 4 N–H and O–H groups in total.